The van der Waals surface area contributed by atoms with E-state index in [-0.39, 0.29) is 11.3 Å². The number of hydrogen-bond donors (Lipinski definition) is 2. The molecule has 0 aliphatic rings. The summed E-state index contributed by atoms with van der Waals surface area (Å²) < 4.78 is 65.1. The summed E-state index contributed by atoms with van der Waals surface area (Å²) in [6.07, 6.45) is -4.63. The third-order valence-electron chi connectivity index (χ3n) is 3.22. The molecule has 0 aliphatic heterocycles. The van der Waals surface area contributed by atoms with E-state index in [1.54, 1.807) is 0 Å². The molecule has 2 rings (SSSR count). The van der Waals surface area contributed by atoms with Gasteiger partial charge in [-0.25, -0.2) is 13.2 Å². The number of aromatic carboxylic acids is 1. The number of nitrogens with one attached hydrogen (secondary N) is 1. The van der Waals surface area contributed by atoms with Crippen LogP contribution in [-0.4, -0.2) is 19.5 Å². The average molecular weight is 359 g/mol. The van der Waals surface area contributed by atoms with E-state index in [4.69, 9.17) is 5.11 Å². The summed E-state index contributed by atoms with van der Waals surface area (Å²) in [5.41, 5.74) is -1.50. The Kier molecular flexibility index (Phi) is 4.57. The first-order valence-electron chi connectivity index (χ1n) is 6.55. The van der Waals surface area contributed by atoms with Crippen molar-refractivity contribution in [2.24, 2.45) is 0 Å². The molecular formula is C15H12F3NO4S. The lowest BCUT2D eigenvalue weighted by Gasteiger charge is -2.14. The second-order valence-electron chi connectivity index (χ2n) is 4.93. The van der Waals surface area contributed by atoms with E-state index in [1.165, 1.54) is 19.1 Å². The Morgan fingerprint density at radius 3 is 2.33 bits per heavy atom. The van der Waals surface area contributed by atoms with Crippen LogP contribution in [0, 0.1) is 6.92 Å². The topological polar surface area (TPSA) is 83.5 Å². The Hall–Kier alpha value is -2.55. The first-order valence-corrected chi connectivity index (χ1v) is 8.03. The maximum atomic E-state index is 12.8. The second kappa shape index (κ2) is 6.16. The molecule has 0 aromatic heterocycles. The zero-order valence-electron chi connectivity index (χ0n) is 12.3. The van der Waals surface area contributed by atoms with E-state index in [0.717, 1.165) is 24.3 Å². The van der Waals surface area contributed by atoms with Crippen LogP contribution in [0.2, 0.25) is 0 Å². The van der Waals surface area contributed by atoms with Crippen molar-refractivity contribution in [3.63, 3.8) is 0 Å². The molecule has 0 fully saturated rings. The summed E-state index contributed by atoms with van der Waals surface area (Å²) in [7, 11) is -4.37. The monoisotopic (exact) mass is 359 g/mol. The van der Waals surface area contributed by atoms with Crippen LogP contribution in [0.1, 0.15) is 21.5 Å². The average Bonchev–Trinajstić information content (AvgIpc) is 2.48. The van der Waals surface area contributed by atoms with Crippen molar-refractivity contribution in [1.82, 2.24) is 0 Å². The van der Waals surface area contributed by atoms with Gasteiger partial charge in [-0.2, -0.15) is 13.2 Å². The van der Waals surface area contributed by atoms with Crippen molar-refractivity contribution in [2.45, 2.75) is 18.0 Å². The largest absolute Gasteiger partial charge is 0.478 e. The fraction of sp³-hybridized carbons (Fsp3) is 0.133. The molecule has 24 heavy (non-hydrogen) atoms. The highest BCUT2D eigenvalue weighted by atomic mass is 32.2. The minimum absolute atomic E-state index is 0.263. The van der Waals surface area contributed by atoms with Gasteiger partial charge in [-0.15, -0.1) is 0 Å². The molecule has 0 spiro atoms. The number of carboxylic acids is 1. The molecule has 9 heteroatoms. The molecular weight excluding hydrogens is 347 g/mol. The summed E-state index contributed by atoms with van der Waals surface area (Å²) in [5.74, 6) is -1.46. The normalized spacial score (nSPS) is 12.0. The van der Waals surface area contributed by atoms with Crippen LogP contribution in [0.15, 0.2) is 47.4 Å². The van der Waals surface area contributed by atoms with Crippen molar-refractivity contribution in [3.05, 3.63) is 59.2 Å². The van der Waals surface area contributed by atoms with Gasteiger partial charge in [-0.1, -0.05) is 18.2 Å². The van der Waals surface area contributed by atoms with Crippen molar-refractivity contribution in [2.75, 3.05) is 4.72 Å². The number of carboxylic acid groups (broad SMARTS) is 1. The minimum Gasteiger partial charge on any atom is -0.478 e. The SMILES string of the molecule is Cc1ccc(C(F)(F)F)cc1NS(=O)(=O)c1ccccc1C(=O)O. The lowest BCUT2D eigenvalue weighted by Crippen LogP contribution is -2.18. The van der Waals surface area contributed by atoms with Crippen molar-refractivity contribution >= 4 is 21.7 Å². The van der Waals surface area contributed by atoms with Crippen LogP contribution in [0.5, 0.6) is 0 Å². The summed E-state index contributed by atoms with van der Waals surface area (Å²) in [4.78, 5) is 10.6. The number of alkyl halides is 3. The van der Waals surface area contributed by atoms with Crippen LogP contribution < -0.4 is 4.72 Å². The lowest BCUT2D eigenvalue weighted by molar-refractivity contribution is -0.137. The number of benzene rings is 2. The van der Waals surface area contributed by atoms with Crippen LogP contribution in [0.3, 0.4) is 0 Å². The van der Waals surface area contributed by atoms with E-state index < -0.39 is 38.2 Å². The van der Waals surface area contributed by atoms with Gasteiger partial charge in [0, 0.05) is 0 Å². The maximum absolute atomic E-state index is 12.8. The molecule has 0 radical (unpaired) electrons. The van der Waals surface area contributed by atoms with E-state index in [1.807, 2.05) is 4.72 Å². The molecule has 0 saturated heterocycles. The predicted octanol–water partition coefficient (Wildman–Crippen LogP) is 3.51. The number of aryl methyl sites for hydroxylation is 1. The summed E-state index contributed by atoms with van der Waals surface area (Å²) >= 11 is 0. The Morgan fingerprint density at radius 1 is 1.12 bits per heavy atom. The number of anilines is 1. The molecule has 0 heterocycles. The van der Waals surface area contributed by atoms with Gasteiger partial charge in [0.1, 0.15) is 4.90 Å². The quantitative estimate of drug-likeness (QED) is 0.875. The highest BCUT2D eigenvalue weighted by Gasteiger charge is 2.31. The van der Waals surface area contributed by atoms with E-state index >= 15 is 0 Å². The molecule has 0 saturated carbocycles. The van der Waals surface area contributed by atoms with Gasteiger partial charge in [-0.05, 0) is 36.8 Å². The van der Waals surface area contributed by atoms with E-state index in [2.05, 4.69) is 0 Å². The Morgan fingerprint density at radius 2 is 1.75 bits per heavy atom. The van der Waals surface area contributed by atoms with Crippen molar-refractivity contribution < 1.29 is 31.5 Å². The third kappa shape index (κ3) is 3.67. The van der Waals surface area contributed by atoms with Gasteiger partial charge in [0.15, 0.2) is 0 Å². The van der Waals surface area contributed by atoms with Crippen molar-refractivity contribution in [1.29, 1.82) is 0 Å². The molecule has 0 aliphatic carbocycles. The van der Waals surface area contributed by atoms with Gasteiger partial charge < -0.3 is 5.11 Å². The predicted molar refractivity (Wildman–Crippen MR) is 80.4 cm³/mol. The molecule has 0 unspecified atom stereocenters. The number of sulfonamides is 1. The van der Waals surface area contributed by atoms with Crippen LogP contribution in [-0.2, 0) is 16.2 Å². The molecule has 2 N–H and O–H groups in total. The zero-order chi connectivity index (χ0) is 18.1. The number of carbonyl (C=O) groups is 1. The lowest BCUT2D eigenvalue weighted by atomic mass is 10.1. The zero-order valence-corrected chi connectivity index (χ0v) is 13.1. The van der Waals surface area contributed by atoms with Gasteiger partial charge in [-0.3, -0.25) is 4.72 Å². The van der Waals surface area contributed by atoms with Crippen molar-refractivity contribution in [3.8, 4) is 0 Å². The molecule has 0 bridgehead atoms. The summed E-state index contributed by atoms with van der Waals surface area (Å²) in [6.45, 7) is 1.43. The standard InChI is InChI=1S/C15H12F3NO4S/c1-9-6-7-10(15(16,17)18)8-12(9)19-24(22,23)13-5-3-2-4-11(13)14(20)21/h2-8,19H,1H3,(H,20,21). The molecule has 5 nitrogen and oxygen atoms in total. The Bertz CT molecular complexity index is 892. The van der Waals surface area contributed by atoms with Gasteiger partial charge >= 0.3 is 12.1 Å². The molecule has 2 aromatic rings. The first-order chi connectivity index (χ1) is 11.0. The fourth-order valence-electron chi connectivity index (χ4n) is 1.99. The maximum Gasteiger partial charge on any atom is 0.416 e. The number of rotatable bonds is 4. The van der Waals surface area contributed by atoms with E-state index in [9.17, 15) is 26.4 Å². The fourth-order valence-corrected chi connectivity index (χ4v) is 3.31. The van der Waals surface area contributed by atoms with Gasteiger partial charge in [0.25, 0.3) is 10.0 Å². The van der Waals surface area contributed by atoms with Crippen LogP contribution in [0.4, 0.5) is 18.9 Å². The van der Waals surface area contributed by atoms with E-state index in [0.29, 0.717) is 6.07 Å². The minimum atomic E-state index is -4.63. The summed E-state index contributed by atoms with van der Waals surface area (Å²) in [6, 6.07) is 7.45. The number of hydrogen-bond acceptors (Lipinski definition) is 3. The second-order valence-corrected chi connectivity index (χ2v) is 6.59. The Balaban J connectivity index is 2.50. The van der Waals surface area contributed by atoms with Gasteiger partial charge in [0.05, 0.1) is 16.8 Å². The smallest absolute Gasteiger partial charge is 0.416 e. The van der Waals surface area contributed by atoms with Crippen LogP contribution in [0.25, 0.3) is 0 Å². The molecule has 128 valence electrons. The van der Waals surface area contributed by atoms with Crippen LogP contribution >= 0.6 is 0 Å². The molecule has 0 atom stereocenters. The summed E-state index contributed by atoms with van der Waals surface area (Å²) in [5, 5.41) is 9.06. The Labute approximate surface area is 135 Å². The molecule has 2 aromatic carbocycles. The number of halogens is 3. The highest BCUT2D eigenvalue weighted by Crippen LogP contribution is 2.33. The highest BCUT2D eigenvalue weighted by molar-refractivity contribution is 7.92. The molecule has 0 amide bonds. The van der Waals surface area contributed by atoms with Gasteiger partial charge in [0.2, 0.25) is 0 Å². The third-order valence-corrected chi connectivity index (χ3v) is 4.64. The first kappa shape index (κ1) is 17.8.